The van der Waals surface area contributed by atoms with Crippen molar-refractivity contribution < 1.29 is 0 Å². The Bertz CT molecular complexity index is 742. The molecule has 3 rings (SSSR count). The molecular formula is C16H16N2S2. The lowest BCUT2D eigenvalue weighted by atomic mass is 10.1. The molecule has 0 aliphatic carbocycles. The largest absolute Gasteiger partial charge is 0.399 e. The van der Waals surface area contributed by atoms with Gasteiger partial charge in [0, 0.05) is 11.4 Å². The highest BCUT2D eigenvalue weighted by molar-refractivity contribution is 8.00. The molecule has 0 radical (unpaired) electrons. The van der Waals surface area contributed by atoms with Crippen LogP contribution in [-0.4, -0.2) is 4.98 Å². The highest BCUT2D eigenvalue weighted by Gasteiger charge is 2.07. The van der Waals surface area contributed by atoms with Crippen LogP contribution < -0.4 is 5.73 Å². The van der Waals surface area contributed by atoms with E-state index in [-0.39, 0.29) is 0 Å². The number of nitrogens with zero attached hydrogens (tertiary/aromatic N) is 1. The van der Waals surface area contributed by atoms with Gasteiger partial charge < -0.3 is 5.73 Å². The topological polar surface area (TPSA) is 38.9 Å². The van der Waals surface area contributed by atoms with E-state index in [1.165, 1.54) is 16.7 Å². The lowest BCUT2D eigenvalue weighted by Gasteiger charge is -2.07. The molecule has 4 heteroatoms. The molecule has 1 heterocycles. The van der Waals surface area contributed by atoms with E-state index in [0.717, 1.165) is 26.0 Å². The molecule has 2 aromatic carbocycles. The third-order valence-corrected chi connectivity index (χ3v) is 5.56. The predicted molar refractivity (Wildman–Crippen MR) is 89.5 cm³/mol. The molecule has 0 saturated heterocycles. The molecule has 2 N–H and O–H groups in total. The quantitative estimate of drug-likeness (QED) is 0.558. The Balaban J connectivity index is 1.83. The Morgan fingerprint density at radius 2 is 1.90 bits per heavy atom. The van der Waals surface area contributed by atoms with Gasteiger partial charge in [-0.25, -0.2) is 4.98 Å². The van der Waals surface area contributed by atoms with E-state index in [2.05, 4.69) is 37.0 Å². The molecule has 2 nitrogen and oxygen atoms in total. The van der Waals surface area contributed by atoms with E-state index in [1.54, 1.807) is 23.1 Å². The lowest BCUT2D eigenvalue weighted by molar-refractivity contribution is 1.23. The Morgan fingerprint density at radius 3 is 2.65 bits per heavy atom. The van der Waals surface area contributed by atoms with Crippen LogP contribution in [0.3, 0.4) is 0 Å². The number of nitrogen functional groups attached to an aromatic ring is 1. The summed E-state index contributed by atoms with van der Waals surface area (Å²) in [7, 11) is 0. The number of anilines is 1. The van der Waals surface area contributed by atoms with Crippen LogP contribution in [0.4, 0.5) is 5.69 Å². The summed E-state index contributed by atoms with van der Waals surface area (Å²) in [6.45, 7) is 4.34. The van der Waals surface area contributed by atoms with E-state index in [0.29, 0.717) is 0 Å². The van der Waals surface area contributed by atoms with Crippen LogP contribution in [0, 0.1) is 13.8 Å². The van der Waals surface area contributed by atoms with Crippen LogP contribution in [0.1, 0.15) is 16.7 Å². The fourth-order valence-electron chi connectivity index (χ4n) is 2.19. The van der Waals surface area contributed by atoms with Crippen LogP contribution >= 0.6 is 23.1 Å². The average Bonchev–Trinajstić information content (AvgIpc) is 2.80. The van der Waals surface area contributed by atoms with Gasteiger partial charge in [0.05, 0.1) is 10.2 Å². The number of hydrogen-bond donors (Lipinski definition) is 1. The first-order valence-corrected chi connectivity index (χ1v) is 8.27. The van der Waals surface area contributed by atoms with Gasteiger partial charge in [-0.3, -0.25) is 0 Å². The summed E-state index contributed by atoms with van der Waals surface area (Å²) in [5.74, 6) is 0.966. The summed E-state index contributed by atoms with van der Waals surface area (Å²) < 4.78 is 2.27. The average molecular weight is 300 g/mol. The minimum absolute atomic E-state index is 0.799. The van der Waals surface area contributed by atoms with E-state index in [4.69, 9.17) is 5.73 Å². The van der Waals surface area contributed by atoms with Crippen LogP contribution in [-0.2, 0) is 5.75 Å². The molecule has 0 saturated carbocycles. The summed E-state index contributed by atoms with van der Waals surface area (Å²) in [6, 6.07) is 12.3. The Labute approximate surface area is 127 Å². The monoisotopic (exact) mass is 300 g/mol. The second-order valence-corrected chi connectivity index (χ2v) is 7.12. The first-order valence-electron chi connectivity index (χ1n) is 6.47. The Hall–Kier alpha value is -1.52. The number of aryl methyl sites for hydroxylation is 2. The minimum Gasteiger partial charge on any atom is -0.399 e. The maximum absolute atomic E-state index is 5.81. The van der Waals surface area contributed by atoms with Crippen molar-refractivity contribution in [1.82, 2.24) is 4.98 Å². The number of rotatable bonds is 3. The highest BCUT2D eigenvalue weighted by atomic mass is 32.2. The summed E-state index contributed by atoms with van der Waals surface area (Å²) in [5.41, 5.74) is 11.8. The zero-order valence-corrected chi connectivity index (χ0v) is 13.1. The molecule has 0 atom stereocenters. The predicted octanol–water partition coefficient (Wildman–Crippen LogP) is 4.79. The Kier molecular flexibility index (Phi) is 3.68. The van der Waals surface area contributed by atoms with Crippen molar-refractivity contribution in [2.45, 2.75) is 23.9 Å². The number of benzene rings is 2. The first kappa shape index (κ1) is 13.5. The minimum atomic E-state index is 0.799. The van der Waals surface area contributed by atoms with E-state index >= 15 is 0 Å². The van der Waals surface area contributed by atoms with E-state index < -0.39 is 0 Å². The van der Waals surface area contributed by atoms with Gasteiger partial charge in [-0.2, -0.15) is 0 Å². The van der Waals surface area contributed by atoms with Gasteiger partial charge in [-0.05, 0) is 48.7 Å². The van der Waals surface area contributed by atoms with Crippen molar-refractivity contribution >= 4 is 39.0 Å². The summed E-state index contributed by atoms with van der Waals surface area (Å²) in [5, 5.41) is 0. The lowest BCUT2D eigenvalue weighted by Crippen LogP contribution is -1.90. The molecule has 102 valence electrons. The fraction of sp³-hybridized carbons (Fsp3) is 0.188. The van der Waals surface area contributed by atoms with Gasteiger partial charge in [0.1, 0.15) is 0 Å². The number of aromatic nitrogens is 1. The van der Waals surface area contributed by atoms with Gasteiger partial charge in [0.2, 0.25) is 0 Å². The van der Waals surface area contributed by atoms with Gasteiger partial charge in [0.25, 0.3) is 0 Å². The second kappa shape index (κ2) is 5.46. The van der Waals surface area contributed by atoms with Crippen molar-refractivity contribution in [3.63, 3.8) is 0 Å². The van der Waals surface area contributed by atoms with E-state index in [9.17, 15) is 0 Å². The number of fused-ring (bicyclic) bond motifs is 1. The van der Waals surface area contributed by atoms with Gasteiger partial charge in [-0.15, -0.1) is 11.3 Å². The molecule has 0 aliphatic heterocycles. The summed E-state index contributed by atoms with van der Waals surface area (Å²) in [6.07, 6.45) is 0. The van der Waals surface area contributed by atoms with Crippen LogP contribution in [0.2, 0.25) is 0 Å². The van der Waals surface area contributed by atoms with Crippen LogP contribution in [0.15, 0.2) is 40.7 Å². The molecule has 1 aromatic heterocycles. The molecule has 0 fully saturated rings. The number of thioether (sulfide) groups is 1. The summed E-state index contributed by atoms with van der Waals surface area (Å²) >= 11 is 3.51. The zero-order valence-electron chi connectivity index (χ0n) is 11.5. The third-order valence-electron chi connectivity index (χ3n) is 3.38. The standard InChI is InChI=1S/C16H16N2S2/c1-10-4-3-5-11(2)13(10)9-19-16-18-14-7-6-12(17)8-15(14)20-16/h3-8H,9,17H2,1-2H3. The smallest absolute Gasteiger partial charge is 0.151 e. The first-order chi connectivity index (χ1) is 9.63. The molecule has 0 unspecified atom stereocenters. The van der Waals surface area contributed by atoms with Gasteiger partial charge in [0.15, 0.2) is 4.34 Å². The molecule has 0 bridgehead atoms. The fourth-order valence-corrected chi connectivity index (χ4v) is 4.51. The van der Waals surface area contributed by atoms with Crippen molar-refractivity contribution in [2.75, 3.05) is 5.73 Å². The molecule has 3 aromatic rings. The molecule has 0 spiro atoms. The normalized spacial score (nSPS) is 11.1. The molecule has 0 amide bonds. The van der Waals surface area contributed by atoms with Crippen molar-refractivity contribution in [3.05, 3.63) is 53.1 Å². The van der Waals surface area contributed by atoms with Gasteiger partial charge >= 0.3 is 0 Å². The molecule has 20 heavy (non-hydrogen) atoms. The van der Waals surface area contributed by atoms with Crippen molar-refractivity contribution in [1.29, 1.82) is 0 Å². The van der Waals surface area contributed by atoms with Crippen LogP contribution in [0.5, 0.6) is 0 Å². The van der Waals surface area contributed by atoms with Gasteiger partial charge in [-0.1, -0.05) is 30.0 Å². The number of nitrogens with two attached hydrogens (primary N) is 1. The highest BCUT2D eigenvalue weighted by Crippen LogP contribution is 2.33. The third kappa shape index (κ3) is 2.67. The second-order valence-electron chi connectivity index (χ2n) is 4.87. The Morgan fingerprint density at radius 1 is 1.15 bits per heavy atom. The zero-order chi connectivity index (χ0) is 14.1. The van der Waals surface area contributed by atoms with Crippen LogP contribution in [0.25, 0.3) is 10.2 Å². The molecular weight excluding hydrogens is 284 g/mol. The maximum atomic E-state index is 5.81. The molecule has 0 aliphatic rings. The van der Waals surface area contributed by atoms with Crippen molar-refractivity contribution in [3.8, 4) is 0 Å². The number of hydrogen-bond acceptors (Lipinski definition) is 4. The van der Waals surface area contributed by atoms with Crippen molar-refractivity contribution in [2.24, 2.45) is 0 Å². The number of thiazole rings is 1. The maximum Gasteiger partial charge on any atom is 0.151 e. The summed E-state index contributed by atoms with van der Waals surface area (Å²) in [4.78, 5) is 4.65. The SMILES string of the molecule is Cc1cccc(C)c1CSc1nc2ccc(N)cc2s1. The van der Waals surface area contributed by atoms with E-state index in [1.807, 2.05) is 18.2 Å².